The summed E-state index contributed by atoms with van der Waals surface area (Å²) in [6.45, 7) is 5.41. The number of nitrogens with one attached hydrogen (secondary N) is 2. The summed E-state index contributed by atoms with van der Waals surface area (Å²) in [6, 6.07) is 3.53. The number of aromatic nitrogens is 3. The van der Waals surface area contributed by atoms with E-state index in [1.54, 1.807) is 27.7 Å². The Kier molecular flexibility index (Phi) is 11.8. The number of rotatable bonds is 11. The van der Waals surface area contributed by atoms with Crippen LogP contribution >= 0.6 is 22.9 Å². The Morgan fingerprint density at radius 3 is 2.66 bits per heavy atom. The minimum atomic E-state index is -5.44. The van der Waals surface area contributed by atoms with Crippen molar-refractivity contribution in [1.29, 1.82) is 5.26 Å². The number of hydrogen-bond donors (Lipinski definition) is 4. The normalized spacial score (nSPS) is 18.6. The summed E-state index contributed by atoms with van der Waals surface area (Å²) in [4.78, 5) is 27.5. The predicted molar refractivity (Wildman–Crippen MR) is 217 cm³/mol. The number of nitriles is 1. The molecule has 2 saturated heterocycles. The molecule has 0 radical (unpaired) electrons. The summed E-state index contributed by atoms with van der Waals surface area (Å²) in [6.07, 6.45) is -4.85. The molecule has 1 amide bonds. The fourth-order valence-electron chi connectivity index (χ4n) is 7.98. The summed E-state index contributed by atoms with van der Waals surface area (Å²) in [5.74, 6) is -4.03. The Labute approximate surface area is 353 Å². The number of benzene rings is 2. The summed E-state index contributed by atoms with van der Waals surface area (Å²) in [7, 11) is 0. The number of alkyl halides is 4. The van der Waals surface area contributed by atoms with Crippen LogP contribution in [-0.4, -0.2) is 81.3 Å². The number of hydrogen-bond acceptors (Lipinski definition) is 13. The highest BCUT2D eigenvalue weighted by atomic mass is 35.5. The van der Waals surface area contributed by atoms with Crippen molar-refractivity contribution in [2.24, 2.45) is 0 Å². The molecule has 5 heterocycles. The third-order valence-electron chi connectivity index (χ3n) is 10.4. The van der Waals surface area contributed by atoms with Gasteiger partial charge in [0.15, 0.2) is 5.82 Å². The zero-order valence-electron chi connectivity index (χ0n) is 33.1. The number of amides is 1. The second-order valence-electron chi connectivity index (χ2n) is 15.7. The van der Waals surface area contributed by atoms with E-state index in [0.717, 1.165) is 18.6 Å². The molecule has 324 valence electrons. The van der Waals surface area contributed by atoms with Crippen LogP contribution in [0.25, 0.3) is 32.1 Å². The minimum absolute atomic E-state index is 0.00721. The monoisotopic (exact) mass is 892 g/mol. The first-order valence-electron chi connectivity index (χ1n) is 19.0. The molecule has 21 heteroatoms. The van der Waals surface area contributed by atoms with Crippen molar-refractivity contribution in [3.05, 3.63) is 57.7 Å². The van der Waals surface area contributed by atoms with Crippen molar-refractivity contribution in [1.82, 2.24) is 19.9 Å². The van der Waals surface area contributed by atoms with Gasteiger partial charge in [0.1, 0.15) is 70.3 Å². The van der Waals surface area contributed by atoms with Crippen molar-refractivity contribution in [3.8, 4) is 29.0 Å². The maximum Gasteiger partial charge on any atom is 0.420 e. The Balaban J connectivity index is 1.51. The van der Waals surface area contributed by atoms with Gasteiger partial charge < -0.3 is 30.4 Å². The van der Waals surface area contributed by atoms with Gasteiger partial charge in [-0.15, -0.1) is 11.3 Å². The number of aliphatic hydroxyl groups is 1. The number of nitrogens with two attached hydrogens (primary N) is 1. The second-order valence-corrected chi connectivity index (χ2v) is 17.2. The fourth-order valence-corrected chi connectivity index (χ4v) is 9.21. The van der Waals surface area contributed by atoms with Crippen LogP contribution in [0.2, 0.25) is 5.02 Å². The maximum absolute atomic E-state index is 17.7. The molecule has 3 aromatic heterocycles. The third-order valence-corrected chi connectivity index (χ3v) is 11.7. The number of halogens is 7. The molecule has 0 bridgehead atoms. The number of pyridine rings is 1. The van der Waals surface area contributed by atoms with Gasteiger partial charge in [0.05, 0.1) is 38.9 Å². The lowest BCUT2D eigenvalue weighted by Gasteiger charge is -2.31. The van der Waals surface area contributed by atoms with E-state index < -0.39 is 117 Å². The van der Waals surface area contributed by atoms with Crippen molar-refractivity contribution >= 4 is 66.7 Å². The quantitative estimate of drug-likeness (QED) is 0.0925. The van der Waals surface area contributed by atoms with Crippen LogP contribution in [0.4, 0.5) is 47.8 Å². The van der Waals surface area contributed by atoms with Crippen LogP contribution in [0.5, 0.6) is 11.8 Å². The number of fused-ring (bicyclic) bond motifs is 3. The van der Waals surface area contributed by atoms with E-state index in [1.165, 1.54) is 12.3 Å². The minimum Gasteiger partial charge on any atom is -0.490 e. The fraction of sp³-hybridized carbons (Fsp3) is 0.425. The first-order valence-corrected chi connectivity index (χ1v) is 20.2. The molecule has 0 aliphatic carbocycles. The van der Waals surface area contributed by atoms with Crippen LogP contribution in [0.1, 0.15) is 69.7 Å². The van der Waals surface area contributed by atoms with Gasteiger partial charge in [0, 0.05) is 35.7 Å². The van der Waals surface area contributed by atoms with E-state index in [0.29, 0.717) is 29.9 Å². The van der Waals surface area contributed by atoms with E-state index in [4.69, 9.17) is 31.5 Å². The second kappa shape index (κ2) is 16.5. The van der Waals surface area contributed by atoms with E-state index in [2.05, 4.69) is 25.6 Å². The number of thiophene rings is 1. The van der Waals surface area contributed by atoms with Gasteiger partial charge in [-0.1, -0.05) is 17.7 Å². The van der Waals surface area contributed by atoms with Crippen molar-refractivity contribution < 1.29 is 50.5 Å². The zero-order valence-corrected chi connectivity index (χ0v) is 34.6. The molecule has 5 N–H and O–H groups in total. The van der Waals surface area contributed by atoms with Gasteiger partial charge in [-0.3, -0.25) is 10.2 Å². The highest BCUT2D eigenvalue weighted by Crippen LogP contribution is 2.53. The number of ether oxygens (including phenoxy) is 3. The molecule has 2 aromatic carbocycles. The summed E-state index contributed by atoms with van der Waals surface area (Å²) in [5.41, 5.74) is -0.0674. The van der Waals surface area contributed by atoms with Gasteiger partial charge in [0.25, 0.3) is 0 Å². The van der Waals surface area contributed by atoms with Crippen molar-refractivity contribution in [2.45, 2.75) is 76.5 Å². The Morgan fingerprint density at radius 1 is 1.21 bits per heavy atom. The number of nitrogens with zero attached hydrogens (tertiary/aromatic N) is 5. The van der Waals surface area contributed by atoms with Crippen LogP contribution in [0.3, 0.4) is 0 Å². The molecule has 0 saturated carbocycles. The first-order chi connectivity index (χ1) is 28.7. The molecule has 3 atom stereocenters. The standard InChI is InChI=1S/C40H39ClF6N8O5S/c1-18(22-12-19(41)15-50-33(22)49)51-34-27-30(52-36(53-34)59-17-39-8-5-9-55(39)16-20(42)13-39)29(44)26(28(40(45,46)47)31(27)58-11-10-56)21-6-7-24(43)32-25(21)23(14-48)35(61-32)54-37(57)60-38(2,3)4/h6-7,12,15,18,20,56H,5,8-11,13,16-17H2,1-4H3,(H2,49,50)(H,54,57)(H,51,52,53)/t18-,20-,39+/m1/s1. The lowest BCUT2D eigenvalue weighted by Crippen LogP contribution is -2.43. The lowest BCUT2D eigenvalue weighted by atomic mass is 9.91. The van der Waals surface area contributed by atoms with Crippen LogP contribution in [-0.2, 0) is 10.9 Å². The number of aliphatic hydroxyl groups excluding tert-OH is 1. The number of anilines is 3. The molecule has 0 unspecified atom stereocenters. The van der Waals surface area contributed by atoms with E-state index in [-0.39, 0.29) is 40.1 Å². The highest BCUT2D eigenvalue weighted by molar-refractivity contribution is 7.23. The molecular weight excluding hydrogens is 854 g/mol. The summed E-state index contributed by atoms with van der Waals surface area (Å²) < 4.78 is 112. The van der Waals surface area contributed by atoms with Gasteiger partial charge in [0.2, 0.25) is 0 Å². The lowest BCUT2D eigenvalue weighted by molar-refractivity contribution is -0.138. The molecule has 5 aromatic rings. The molecule has 2 fully saturated rings. The maximum atomic E-state index is 17.7. The average Bonchev–Trinajstić information content (AvgIpc) is 3.83. The number of carbonyl (C=O) groups excluding carboxylic acids is 1. The van der Waals surface area contributed by atoms with Gasteiger partial charge in [-0.25, -0.2) is 22.9 Å². The Morgan fingerprint density at radius 2 is 1.97 bits per heavy atom. The van der Waals surface area contributed by atoms with Crippen LogP contribution in [0, 0.1) is 23.0 Å². The van der Waals surface area contributed by atoms with Crippen LogP contribution in [0.15, 0.2) is 24.4 Å². The molecule has 2 aliphatic heterocycles. The number of nitrogen functional groups attached to an aromatic ring is 1. The van der Waals surface area contributed by atoms with Crippen molar-refractivity contribution in [3.63, 3.8) is 0 Å². The highest BCUT2D eigenvalue weighted by Gasteiger charge is 2.50. The Hall–Kier alpha value is -5.36. The molecule has 7 rings (SSSR count). The van der Waals surface area contributed by atoms with Crippen LogP contribution < -0.4 is 25.8 Å². The SMILES string of the molecule is C[C@@H](Nc1nc(OC[C@@]23CCCN2C[C@H](F)C3)nc2c(F)c(-c3ccc(F)c4sc(NC(=O)OC(C)(C)C)c(C#N)c34)c(C(F)(F)F)c(OCCO)c12)c1cc(Cl)cnc1N. The van der Waals surface area contributed by atoms with Gasteiger partial charge in [-0.2, -0.15) is 28.4 Å². The van der Waals surface area contributed by atoms with Crippen molar-refractivity contribution in [2.75, 3.05) is 49.3 Å². The van der Waals surface area contributed by atoms with E-state index in [1.807, 2.05) is 11.0 Å². The first kappa shape index (κ1) is 43.7. The molecule has 0 spiro atoms. The van der Waals surface area contributed by atoms with Gasteiger partial charge >= 0.3 is 18.3 Å². The summed E-state index contributed by atoms with van der Waals surface area (Å²) in [5, 5.41) is 24.3. The smallest absolute Gasteiger partial charge is 0.420 e. The van der Waals surface area contributed by atoms with E-state index in [9.17, 15) is 19.6 Å². The predicted octanol–water partition coefficient (Wildman–Crippen LogP) is 9.16. The average molecular weight is 893 g/mol. The Bertz CT molecular complexity index is 2580. The zero-order chi connectivity index (χ0) is 44.2. The summed E-state index contributed by atoms with van der Waals surface area (Å²) >= 11 is 6.73. The topological polar surface area (TPSA) is 181 Å². The third kappa shape index (κ3) is 8.48. The van der Waals surface area contributed by atoms with Gasteiger partial charge in [-0.05, 0) is 64.8 Å². The largest absolute Gasteiger partial charge is 0.490 e. The molecule has 2 aliphatic rings. The molecule has 61 heavy (non-hydrogen) atoms. The number of carbonyl (C=O) groups is 1. The molecular formula is C40H39ClF6N8O5S. The van der Waals surface area contributed by atoms with E-state index >= 15 is 22.0 Å². The molecule has 13 nitrogen and oxygen atoms in total.